The summed E-state index contributed by atoms with van der Waals surface area (Å²) >= 11 is 0. The zero-order valence-corrected chi connectivity index (χ0v) is 17.7. The normalized spacial score (nSPS) is 23.7. The zero-order valence-electron chi connectivity index (χ0n) is 16.9. The SMILES string of the molecule is CC1=CCC(c2cc(N3CCOC[C@H]3C)nc(-c3ccnc4[nH]ccc34)n2)S1(=O)=O. The Kier molecular flexibility index (Phi) is 4.59. The van der Waals surface area contributed by atoms with Gasteiger partial charge in [0.1, 0.15) is 16.7 Å². The van der Waals surface area contributed by atoms with Gasteiger partial charge in [-0.15, -0.1) is 0 Å². The molecule has 2 aliphatic heterocycles. The summed E-state index contributed by atoms with van der Waals surface area (Å²) in [5.74, 6) is 1.24. The Hall–Kier alpha value is -2.78. The first-order valence-corrected chi connectivity index (χ1v) is 11.6. The van der Waals surface area contributed by atoms with E-state index in [1.165, 1.54) is 0 Å². The van der Waals surface area contributed by atoms with E-state index in [2.05, 4.69) is 21.8 Å². The lowest BCUT2D eigenvalue weighted by Gasteiger charge is -2.34. The van der Waals surface area contributed by atoms with Crippen LogP contribution in [0.2, 0.25) is 0 Å². The molecule has 156 valence electrons. The number of fused-ring (bicyclic) bond motifs is 1. The van der Waals surface area contributed by atoms with E-state index in [-0.39, 0.29) is 6.04 Å². The minimum Gasteiger partial charge on any atom is -0.377 e. The van der Waals surface area contributed by atoms with Crippen LogP contribution in [-0.4, -0.2) is 54.2 Å². The van der Waals surface area contributed by atoms with Crippen molar-refractivity contribution in [1.82, 2.24) is 19.9 Å². The molecule has 1 fully saturated rings. The number of anilines is 1. The largest absolute Gasteiger partial charge is 0.377 e. The van der Waals surface area contributed by atoms with Crippen molar-refractivity contribution in [2.75, 3.05) is 24.7 Å². The lowest BCUT2D eigenvalue weighted by molar-refractivity contribution is 0.0985. The van der Waals surface area contributed by atoms with Gasteiger partial charge >= 0.3 is 0 Å². The molecular formula is C21H23N5O3S. The highest BCUT2D eigenvalue weighted by atomic mass is 32.2. The second-order valence-corrected chi connectivity index (χ2v) is 10.1. The quantitative estimate of drug-likeness (QED) is 0.688. The minimum atomic E-state index is -3.40. The fraction of sp³-hybridized carbons (Fsp3) is 0.381. The van der Waals surface area contributed by atoms with Gasteiger partial charge < -0.3 is 14.6 Å². The first-order valence-electron chi connectivity index (χ1n) is 10.0. The third-order valence-electron chi connectivity index (χ3n) is 5.87. The molecule has 8 nitrogen and oxygen atoms in total. The smallest absolute Gasteiger partial charge is 0.182 e. The van der Waals surface area contributed by atoms with Crippen LogP contribution in [-0.2, 0) is 14.6 Å². The highest BCUT2D eigenvalue weighted by Crippen LogP contribution is 2.39. The van der Waals surface area contributed by atoms with Crippen LogP contribution >= 0.6 is 0 Å². The first kappa shape index (κ1) is 19.2. The highest BCUT2D eigenvalue weighted by Gasteiger charge is 2.35. The standard InChI is InChI=1S/C21H23N5O3S/c1-13-12-29-10-9-26(13)19-11-17(18-4-3-14(2)30(18,27)28)24-21(25-19)16-6-8-23-20-15(16)5-7-22-20/h3,5-8,11,13,18H,4,9-10,12H2,1-2H3,(H,22,23)/t13-,18?/m1/s1. The molecule has 0 bridgehead atoms. The van der Waals surface area contributed by atoms with E-state index in [1.54, 1.807) is 19.2 Å². The van der Waals surface area contributed by atoms with Gasteiger partial charge in [0.2, 0.25) is 0 Å². The van der Waals surface area contributed by atoms with Gasteiger partial charge in [0.15, 0.2) is 15.7 Å². The van der Waals surface area contributed by atoms with E-state index in [9.17, 15) is 8.42 Å². The number of nitrogens with zero attached hydrogens (tertiary/aromatic N) is 4. The predicted octanol–water partition coefficient (Wildman–Crippen LogP) is 3.01. The summed E-state index contributed by atoms with van der Waals surface area (Å²) < 4.78 is 31.3. The number of pyridine rings is 1. The molecule has 30 heavy (non-hydrogen) atoms. The molecule has 9 heteroatoms. The molecule has 0 aromatic carbocycles. The summed E-state index contributed by atoms with van der Waals surface area (Å²) in [4.78, 5) is 19.6. The fourth-order valence-electron chi connectivity index (χ4n) is 4.13. The Morgan fingerprint density at radius 1 is 1.27 bits per heavy atom. The summed E-state index contributed by atoms with van der Waals surface area (Å²) in [7, 11) is -3.40. The van der Waals surface area contributed by atoms with Crippen molar-refractivity contribution in [2.24, 2.45) is 0 Å². The van der Waals surface area contributed by atoms with E-state index in [1.807, 2.05) is 24.4 Å². The Morgan fingerprint density at radius 2 is 2.13 bits per heavy atom. The van der Waals surface area contributed by atoms with Gasteiger partial charge in [0.05, 0.1) is 24.9 Å². The molecule has 0 radical (unpaired) electrons. The number of nitrogens with one attached hydrogen (secondary N) is 1. The summed E-state index contributed by atoms with van der Waals surface area (Å²) in [6, 6.07) is 5.77. The lowest BCUT2D eigenvalue weighted by atomic mass is 10.1. The van der Waals surface area contributed by atoms with E-state index in [4.69, 9.17) is 14.7 Å². The number of aromatic nitrogens is 4. The van der Waals surface area contributed by atoms with Crippen molar-refractivity contribution < 1.29 is 13.2 Å². The molecule has 1 unspecified atom stereocenters. The fourth-order valence-corrected chi connectivity index (χ4v) is 5.69. The van der Waals surface area contributed by atoms with Crippen LogP contribution in [0.3, 0.4) is 0 Å². The Bertz CT molecular complexity index is 1250. The Morgan fingerprint density at radius 3 is 2.90 bits per heavy atom. The van der Waals surface area contributed by atoms with E-state index < -0.39 is 15.1 Å². The third kappa shape index (κ3) is 3.09. The van der Waals surface area contributed by atoms with Crippen molar-refractivity contribution in [2.45, 2.75) is 31.6 Å². The average Bonchev–Trinajstić information content (AvgIpc) is 3.32. The highest BCUT2D eigenvalue weighted by molar-refractivity contribution is 7.95. The molecule has 0 aliphatic carbocycles. The van der Waals surface area contributed by atoms with Crippen molar-refractivity contribution in [1.29, 1.82) is 0 Å². The number of morpholine rings is 1. The summed E-state index contributed by atoms with van der Waals surface area (Å²) in [5, 5.41) is 0.220. The molecule has 0 amide bonds. The molecule has 5 rings (SSSR count). The van der Waals surface area contributed by atoms with Crippen molar-refractivity contribution >= 4 is 26.7 Å². The Labute approximate surface area is 174 Å². The summed E-state index contributed by atoms with van der Waals surface area (Å²) in [6.07, 6.45) is 5.73. The Balaban J connectivity index is 1.69. The van der Waals surface area contributed by atoms with Crippen LogP contribution in [0.4, 0.5) is 5.82 Å². The van der Waals surface area contributed by atoms with E-state index in [0.29, 0.717) is 42.6 Å². The van der Waals surface area contributed by atoms with Crippen molar-refractivity contribution in [3.8, 4) is 11.4 Å². The third-order valence-corrected chi connectivity index (χ3v) is 8.12. The molecule has 0 saturated carbocycles. The number of ether oxygens (including phenoxy) is 1. The number of hydrogen-bond acceptors (Lipinski definition) is 7. The van der Waals surface area contributed by atoms with Crippen LogP contribution in [0, 0.1) is 0 Å². The molecule has 2 aliphatic rings. The molecule has 1 saturated heterocycles. The second kappa shape index (κ2) is 7.17. The van der Waals surface area contributed by atoms with Gasteiger partial charge in [-0.05, 0) is 32.4 Å². The summed E-state index contributed by atoms with van der Waals surface area (Å²) in [5.41, 5.74) is 2.10. The van der Waals surface area contributed by atoms with Crippen molar-refractivity contribution in [3.63, 3.8) is 0 Å². The minimum absolute atomic E-state index is 0.138. The van der Waals surface area contributed by atoms with Gasteiger partial charge in [-0.25, -0.2) is 23.4 Å². The number of allylic oxidation sites excluding steroid dienone is 2. The number of rotatable bonds is 3. The van der Waals surface area contributed by atoms with E-state index >= 15 is 0 Å². The lowest BCUT2D eigenvalue weighted by Crippen LogP contribution is -2.44. The van der Waals surface area contributed by atoms with E-state index in [0.717, 1.165) is 22.4 Å². The van der Waals surface area contributed by atoms with Crippen LogP contribution in [0.5, 0.6) is 0 Å². The number of aromatic amines is 1. The maximum atomic E-state index is 12.9. The van der Waals surface area contributed by atoms with Crippen LogP contribution in [0.1, 0.15) is 31.2 Å². The maximum absolute atomic E-state index is 12.9. The molecule has 1 N–H and O–H groups in total. The number of sulfone groups is 1. The van der Waals surface area contributed by atoms with Gasteiger partial charge in [-0.1, -0.05) is 6.08 Å². The molecular weight excluding hydrogens is 402 g/mol. The summed E-state index contributed by atoms with van der Waals surface area (Å²) in [6.45, 7) is 5.64. The zero-order chi connectivity index (χ0) is 20.9. The predicted molar refractivity (Wildman–Crippen MR) is 115 cm³/mol. The average molecular weight is 426 g/mol. The van der Waals surface area contributed by atoms with Gasteiger partial charge in [0.25, 0.3) is 0 Å². The first-order chi connectivity index (χ1) is 14.4. The van der Waals surface area contributed by atoms with Crippen LogP contribution < -0.4 is 4.90 Å². The molecule has 2 atom stereocenters. The second-order valence-electron chi connectivity index (χ2n) is 7.77. The maximum Gasteiger partial charge on any atom is 0.182 e. The number of H-pyrrole nitrogens is 1. The van der Waals surface area contributed by atoms with Gasteiger partial charge in [0, 0.05) is 40.9 Å². The molecule has 3 aromatic rings. The van der Waals surface area contributed by atoms with Crippen molar-refractivity contribution in [3.05, 3.63) is 47.3 Å². The van der Waals surface area contributed by atoms with Gasteiger partial charge in [-0.3, -0.25) is 0 Å². The van der Waals surface area contributed by atoms with Crippen LogP contribution in [0.25, 0.3) is 22.4 Å². The molecule has 0 spiro atoms. The number of hydrogen-bond donors (Lipinski definition) is 1. The topological polar surface area (TPSA) is 101 Å². The monoisotopic (exact) mass is 425 g/mol. The van der Waals surface area contributed by atoms with Gasteiger partial charge in [-0.2, -0.15) is 0 Å². The molecule has 3 aromatic heterocycles. The van der Waals surface area contributed by atoms with Crippen LogP contribution in [0.15, 0.2) is 41.6 Å². The molecule has 5 heterocycles.